The molecule has 0 aliphatic carbocycles. The average Bonchev–Trinajstić information content (AvgIpc) is 2.27. The molecule has 0 aliphatic rings. The van der Waals surface area contributed by atoms with Crippen LogP contribution in [0.4, 0.5) is 5.69 Å². The number of amides is 2. The van der Waals surface area contributed by atoms with Crippen LogP contribution in [0.15, 0.2) is 24.3 Å². The maximum Gasteiger partial charge on any atom is 0.231 e. The molecule has 0 radical (unpaired) electrons. The molecule has 6 nitrogen and oxygen atoms in total. The van der Waals surface area contributed by atoms with Gasteiger partial charge in [0.05, 0.1) is 20.0 Å². The molecule has 1 aromatic carbocycles. The van der Waals surface area contributed by atoms with Crippen molar-refractivity contribution in [3.05, 3.63) is 24.3 Å². The molecule has 0 aromatic heterocycles. The van der Waals surface area contributed by atoms with Crippen LogP contribution >= 0.6 is 0 Å². The molecule has 3 N–H and O–H groups in total. The first-order chi connectivity index (χ1) is 8.51. The van der Waals surface area contributed by atoms with Gasteiger partial charge in [0.1, 0.15) is 5.75 Å². The Hall–Kier alpha value is -2.37. The maximum atomic E-state index is 11.5. The van der Waals surface area contributed by atoms with Crippen molar-refractivity contribution in [2.45, 2.75) is 12.8 Å². The highest BCUT2D eigenvalue weighted by atomic mass is 16.5. The summed E-state index contributed by atoms with van der Waals surface area (Å²) in [5.74, 6) is -1.15. The number of carbonyl (C=O) groups is 3. The predicted octanol–water partition coefficient (Wildman–Crippen LogP) is 0.468. The van der Waals surface area contributed by atoms with E-state index in [0.717, 1.165) is 0 Å². The minimum absolute atomic E-state index is 0.375. The zero-order chi connectivity index (χ0) is 13.5. The van der Waals surface area contributed by atoms with E-state index in [1.54, 1.807) is 24.3 Å². The third-order valence-electron chi connectivity index (χ3n) is 2.08. The van der Waals surface area contributed by atoms with Gasteiger partial charge in [-0.05, 0) is 12.1 Å². The van der Waals surface area contributed by atoms with E-state index in [4.69, 9.17) is 10.5 Å². The SMILES string of the molecule is COc1cccc(NC(=O)CC(=O)CC(N)=O)c1. The summed E-state index contributed by atoms with van der Waals surface area (Å²) < 4.78 is 4.99. The summed E-state index contributed by atoms with van der Waals surface area (Å²) in [7, 11) is 1.51. The van der Waals surface area contributed by atoms with Crippen molar-refractivity contribution in [2.75, 3.05) is 12.4 Å². The van der Waals surface area contributed by atoms with Gasteiger partial charge in [0.25, 0.3) is 0 Å². The highest BCUT2D eigenvalue weighted by Gasteiger charge is 2.12. The number of nitrogens with one attached hydrogen (secondary N) is 1. The van der Waals surface area contributed by atoms with Crippen LogP contribution in [0, 0.1) is 0 Å². The molecule has 0 heterocycles. The molecule has 0 fully saturated rings. The second-order valence-electron chi connectivity index (χ2n) is 3.64. The van der Waals surface area contributed by atoms with Gasteiger partial charge in [-0.25, -0.2) is 0 Å². The van der Waals surface area contributed by atoms with Crippen LogP contribution in [-0.4, -0.2) is 24.7 Å². The Morgan fingerprint density at radius 2 is 2.00 bits per heavy atom. The quantitative estimate of drug-likeness (QED) is 0.717. The highest BCUT2D eigenvalue weighted by molar-refractivity contribution is 6.09. The van der Waals surface area contributed by atoms with Crippen molar-refractivity contribution in [3.63, 3.8) is 0 Å². The molecular formula is C12H14N2O4. The van der Waals surface area contributed by atoms with E-state index >= 15 is 0 Å². The molecule has 0 atom stereocenters. The number of carbonyl (C=O) groups excluding carboxylic acids is 3. The number of hydrogen-bond donors (Lipinski definition) is 2. The number of ketones is 1. The third-order valence-corrected chi connectivity index (χ3v) is 2.08. The zero-order valence-corrected chi connectivity index (χ0v) is 9.93. The number of Topliss-reactive ketones (excluding diaryl/α,β-unsaturated/α-hetero) is 1. The number of primary amides is 1. The van der Waals surface area contributed by atoms with Gasteiger partial charge in [0.2, 0.25) is 11.8 Å². The minimum Gasteiger partial charge on any atom is -0.497 e. The summed E-state index contributed by atoms with van der Waals surface area (Å²) in [5, 5.41) is 2.53. The molecule has 0 saturated carbocycles. The van der Waals surface area contributed by atoms with Crippen LogP contribution in [0.2, 0.25) is 0 Å². The van der Waals surface area contributed by atoms with Crippen molar-refractivity contribution in [2.24, 2.45) is 5.73 Å². The van der Waals surface area contributed by atoms with E-state index in [2.05, 4.69) is 5.32 Å². The fourth-order valence-corrected chi connectivity index (χ4v) is 1.34. The van der Waals surface area contributed by atoms with Crippen molar-refractivity contribution in [1.82, 2.24) is 0 Å². The predicted molar refractivity (Wildman–Crippen MR) is 65.1 cm³/mol. The Bertz CT molecular complexity index is 471. The van der Waals surface area contributed by atoms with Gasteiger partial charge in [0.15, 0.2) is 5.78 Å². The normalized spacial score (nSPS) is 9.61. The van der Waals surface area contributed by atoms with Crippen LogP contribution in [0.3, 0.4) is 0 Å². The molecule has 0 aliphatic heterocycles. The molecular weight excluding hydrogens is 236 g/mol. The van der Waals surface area contributed by atoms with Gasteiger partial charge < -0.3 is 15.8 Å². The van der Waals surface area contributed by atoms with Gasteiger partial charge in [-0.3, -0.25) is 14.4 Å². The van der Waals surface area contributed by atoms with E-state index in [1.165, 1.54) is 7.11 Å². The molecule has 0 spiro atoms. The Balaban J connectivity index is 2.53. The van der Waals surface area contributed by atoms with Gasteiger partial charge in [0, 0.05) is 11.8 Å². The second kappa shape index (κ2) is 6.39. The first kappa shape index (κ1) is 13.7. The molecule has 96 valence electrons. The molecule has 6 heteroatoms. The summed E-state index contributed by atoms with van der Waals surface area (Å²) in [4.78, 5) is 33.2. The van der Waals surface area contributed by atoms with Gasteiger partial charge in [-0.2, -0.15) is 0 Å². The molecule has 0 bridgehead atoms. The summed E-state index contributed by atoms with van der Waals surface area (Å²) in [6.45, 7) is 0. The lowest BCUT2D eigenvalue weighted by molar-refractivity contribution is -0.128. The molecule has 18 heavy (non-hydrogen) atoms. The van der Waals surface area contributed by atoms with Crippen LogP contribution < -0.4 is 15.8 Å². The van der Waals surface area contributed by atoms with Crippen LogP contribution in [-0.2, 0) is 14.4 Å². The number of hydrogen-bond acceptors (Lipinski definition) is 4. The Morgan fingerprint density at radius 1 is 1.28 bits per heavy atom. The van der Waals surface area contributed by atoms with Crippen molar-refractivity contribution in [1.29, 1.82) is 0 Å². The van der Waals surface area contributed by atoms with Gasteiger partial charge >= 0.3 is 0 Å². The molecule has 2 amide bonds. The van der Waals surface area contributed by atoms with Gasteiger partial charge in [-0.15, -0.1) is 0 Å². The van der Waals surface area contributed by atoms with Crippen LogP contribution in [0.1, 0.15) is 12.8 Å². The number of rotatable bonds is 6. The molecule has 0 saturated heterocycles. The Kier molecular flexibility index (Phi) is 4.86. The van der Waals surface area contributed by atoms with E-state index in [9.17, 15) is 14.4 Å². The molecule has 1 aromatic rings. The van der Waals surface area contributed by atoms with E-state index in [1.807, 2.05) is 0 Å². The lowest BCUT2D eigenvalue weighted by atomic mass is 10.2. The average molecular weight is 250 g/mol. The molecule has 1 rings (SSSR count). The van der Waals surface area contributed by atoms with Gasteiger partial charge in [-0.1, -0.05) is 6.07 Å². The summed E-state index contributed by atoms with van der Waals surface area (Å²) >= 11 is 0. The van der Waals surface area contributed by atoms with E-state index in [-0.39, 0.29) is 6.42 Å². The second-order valence-corrected chi connectivity index (χ2v) is 3.64. The number of nitrogens with two attached hydrogens (primary N) is 1. The number of methoxy groups -OCH3 is 1. The Morgan fingerprint density at radius 3 is 2.61 bits per heavy atom. The standard InChI is InChI=1S/C12H14N2O4/c1-18-10-4-2-3-8(5-10)14-12(17)7-9(15)6-11(13)16/h2-5H,6-7H2,1H3,(H2,13,16)(H,14,17). The maximum absolute atomic E-state index is 11.5. The highest BCUT2D eigenvalue weighted by Crippen LogP contribution is 2.16. The summed E-state index contributed by atoms with van der Waals surface area (Å²) in [6, 6.07) is 6.73. The lowest BCUT2D eigenvalue weighted by Crippen LogP contribution is -2.21. The number of benzene rings is 1. The smallest absolute Gasteiger partial charge is 0.231 e. The summed E-state index contributed by atoms with van der Waals surface area (Å²) in [6.07, 6.45) is -0.800. The number of anilines is 1. The van der Waals surface area contributed by atoms with Crippen LogP contribution in [0.5, 0.6) is 5.75 Å². The fraction of sp³-hybridized carbons (Fsp3) is 0.250. The van der Waals surface area contributed by atoms with Crippen LogP contribution in [0.25, 0.3) is 0 Å². The topological polar surface area (TPSA) is 98.5 Å². The Labute approximate surface area is 104 Å². The molecule has 0 unspecified atom stereocenters. The zero-order valence-electron chi connectivity index (χ0n) is 9.93. The number of ether oxygens (including phenoxy) is 1. The first-order valence-corrected chi connectivity index (χ1v) is 5.25. The first-order valence-electron chi connectivity index (χ1n) is 5.25. The van der Waals surface area contributed by atoms with Crippen molar-refractivity contribution >= 4 is 23.3 Å². The lowest BCUT2D eigenvalue weighted by Gasteiger charge is -2.06. The monoisotopic (exact) mass is 250 g/mol. The van der Waals surface area contributed by atoms with E-state index in [0.29, 0.717) is 11.4 Å². The fourth-order valence-electron chi connectivity index (χ4n) is 1.34. The van der Waals surface area contributed by atoms with Crippen molar-refractivity contribution in [3.8, 4) is 5.75 Å². The summed E-state index contributed by atoms with van der Waals surface area (Å²) in [5.41, 5.74) is 5.37. The van der Waals surface area contributed by atoms with Crippen molar-refractivity contribution < 1.29 is 19.1 Å². The third kappa shape index (κ3) is 4.65. The minimum atomic E-state index is -0.741. The van der Waals surface area contributed by atoms with E-state index < -0.39 is 24.0 Å². The largest absolute Gasteiger partial charge is 0.497 e.